The van der Waals surface area contributed by atoms with Crippen LogP contribution in [-0.4, -0.2) is 9.91 Å². The van der Waals surface area contributed by atoms with Crippen molar-refractivity contribution in [2.45, 2.75) is 29.2 Å². The summed E-state index contributed by atoms with van der Waals surface area (Å²) >= 11 is 1.18. The highest BCUT2D eigenvalue weighted by atomic mass is 32.2. The molecule has 21 heavy (non-hydrogen) atoms. The number of para-hydroxylation sites is 1. The Morgan fingerprint density at radius 3 is 2.90 bits per heavy atom. The summed E-state index contributed by atoms with van der Waals surface area (Å²) in [6.45, 7) is 0. The number of hydrogen-bond donors (Lipinski definition) is 0. The highest BCUT2D eigenvalue weighted by molar-refractivity contribution is 7.99. The van der Waals surface area contributed by atoms with Crippen LogP contribution in [0.5, 0.6) is 0 Å². The standard InChI is InChI=1S/C15H11N3O2S/c16-9-11-8-10-4-3-5-12(10)17-15(11)21-14-7-2-1-6-13(14)18(19)20/h1-2,6-8H,3-5H2. The molecule has 0 saturated carbocycles. The molecule has 0 bridgehead atoms. The summed E-state index contributed by atoms with van der Waals surface area (Å²) in [6.07, 6.45) is 2.91. The van der Waals surface area contributed by atoms with Gasteiger partial charge >= 0.3 is 0 Å². The molecular weight excluding hydrogens is 286 g/mol. The summed E-state index contributed by atoms with van der Waals surface area (Å²) in [5.74, 6) is 0. The molecule has 2 aromatic rings. The van der Waals surface area contributed by atoms with Gasteiger partial charge in [0.2, 0.25) is 0 Å². The average Bonchev–Trinajstić information content (AvgIpc) is 2.94. The number of benzene rings is 1. The van der Waals surface area contributed by atoms with Crippen molar-refractivity contribution in [1.82, 2.24) is 4.98 Å². The molecule has 0 atom stereocenters. The van der Waals surface area contributed by atoms with Crippen LogP contribution in [0.4, 0.5) is 5.69 Å². The number of nitriles is 1. The first kappa shape index (κ1) is 13.6. The predicted octanol–water partition coefficient (Wildman–Crippen LogP) is 3.50. The Morgan fingerprint density at radius 2 is 2.14 bits per heavy atom. The van der Waals surface area contributed by atoms with Crippen molar-refractivity contribution >= 4 is 17.4 Å². The second-order valence-corrected chi connectivity index (χ2v) is 5.77. The minimum Gasteiger partial charge on any atom is -0.258 e. The van der Waals surface area contributed by atoms with Gasteiger partial charge in [0.05, 0.1) is 15.4 Å². The van der Waals surface area contributed by atoms with E-state index in [9.17, 15) is 15.4 Å². The Morgan fingerprint density at radius 1 is 1.33 bits per heavy atom. The number of nitro groups is 1. The molecule has 0 N–H and O–H groups in total. The lowest BCUT2D eigenvalue weighted by molar-refractivity contribution is -0.387. The number of nitro benzene ring substituents is 1. The van der Waals surface area contributed by atoms with Crippen molar-refractivity contribution in [3.8, 4) is 6.07 Å². The molecule has 0 radical (unpaired) electrons. The molecule has 6 heteroatoms. The molecule has 1 aromatic carbocycles. The first-order valence-electron chi connectivity index (χ1n) is 6.53. The predicted molar refractivity (Wildman–Crippen MR) is 78.2 cm³/mol. The summed E-state index contributed by atoms with van der Waals surface area (Å²) in [5.41, 5.74) is 2.65. The minimum atomic E-state index is -0.415. The van der Waals surface area contributed by atoms with Gasteiger partial charge in [-0.15, -0.1) is 0 Å². The van der Waals surface area contributed by atoms with Crippen molar-refractivity contribution in [2.24, 2.45) is 0 Å². The van der Waals surface area contributed by atoms with Gasteiger partial charge < -0.3 is 0 Å². The number of aromatic nitrogens is 1. The number of aryl methyl sites for hydroxylation is 2. The Labute approximate surface area is 125 Å². The molecular formula is C15H11N3O2S. The van der Waals surface area contributed by atoms with Crippen molar-refractivity contribution in [1.29, 1.82) is 5.26 Å². The quantitative estimate of drug-likeness (QED) is 0.640. The smallest absolute Gasteiger partial charge is 0.258 e. The van der Waals surface area contributed by atoms with Gasteiger partial charge in [0.15, 0.2) is 0 Å². The van der Waals surface area contributed by atoms with Crippen LogP contribution in [0, 0.1) is 21.4 Å². The van der Waals surface area contributed by atoms with Gasteiger partial charge in [0, 0.05) is 11.8 Å². The van der Waals surface area contributed by atoms with Crippen molar-refractivity contribution in [2.75, 3.05) is 0 Å². The maximum atomic E-state index is 11.1. The second kappa shape index (κ2) is 5.54. The molecule has 0 saturated heterocycles. The maximum Gasteiger partial charge on any atom is 0.283 e. The Balaban J connectivity index is 2.03. The molecule has 0 spiro atoms. The largest absolute Gasteiger partial charge is 0.283 e. The fourth-order valence-electron chi connectivity index (χ4n) is 2.41. The lowest BCUT2D eigenvalue weighted by Gasteiger charge is -2.07. The van der Waals surface area contributed by atoms with Crippen LogP contribution in [0.3, 0.4) is 0 Å². The summed E-state index contributed by atoms with van der Waals surface area (Å²) < 4.78 is 0. The molecule has 0 amide bonds. The zero-order valence-corrected chi connectivity index (χ0v) is 11.9. The SMILES string of the molecule is N#Cc1cc2c(nc1Sc1ccccc1[N+](=O)[O-])CCC2. The lowest BCUT2D eigenvalue weighted by Crippen LogP contribution is -1.96. The van der Waals surface area contributed by atoms with Gasteiger partial charge in [-0.1, -0.05) is 23.9 Å². The first-order chi connectivity index (χ1) is 10.2. The zero-order chi connectivity index (χ0) is 14.8. The molecule has 5 nitrogen and oxygen atoms in total. The molecule has 1 aliphatic rings. The fraction of sp³-hybridized carbons (Fsp3) is 0.200. The third-order valence-electron chi connectivity index (χ3n) is 3.40. The molecule has 3 rings (SSSR count). The van der Waals surface area contributed by atoms with E-state index in [1.165, 1.54) is 17.8 Å². The van der Waals surface area contributed by atoms with Crippen LogP contribution in [0.1, 0.15) is 23.2 Å². The Kier molecular flexibility index (Phi) is 3.59. The van der Waals surface area contributed by atoms with Gasteiger partial charge in [0.25, 0.3) is 5.69 Å². The van der Waals surface area contributed by atoms with E-state index in [0.717, 1.165) is 30.5 Å². The molecule has 0 unspecified atom stereocenters. The molecule has 104 valence electrons. The van der Waals surface area contributed by atoms with Crippen molar-refractivity contribution < 1.29 is 4.92 Å². The number of rotatable bonds is 3. The summed E-state index contributed by atoms with van der Waals surface area (Å²) in [5, 5.41) is 20.9. The van der Waals surface area contributed by atoms with Gasteiger partial charge in [-0.25, -0.2) is 4.98 Å². The van der Waals surface area contributed by atoms with E-state index >= 15 is 0 Å². The van der Waals surface area contributed by atoms with Crippen LogP contribution in [0.2, 0.25) is 0 Å². The van der Waals surface area contributed by atoms with Crippen molar-refractivity contribution in [3.05, 3.63) is 57.3 Å². The number of hydrogen-bond acceptors (Lipinski definition) is 5. The average molecular weight is 297 g/mol. The van der Waals surface area contributed by atoms with Gasteiger partial charge in [0.1, 0.15) is 11.1 Å². The van der Waals surface area contributed by atoms with E-state index in [1.807, 2.05) is 6.07 Å². The molecule has 0 aliphatic heterocycles. The van der Waals surface area contributed by atoms with E-state index in [4.69, 9.17) is 0 Å². The molecule has 1 aromatic heterocycles. The lowest BCUT2D eigenvalue weighted by atomic mass is 10.2. The third-order valence-corrected chi connectivity index (χ3v) is 4.47. The summed E-state index contributed by atoms with van der Waals surface area (Å²) in [4.78, 5) is 15.7. The van der Waals surface area contributed by atoms with Crippen LogP contribution in [-0.2, 0) is 12.8 Å². The second-order valence-electron chi connectivity index (χ2n) is 4.74. The van der Waals surface area contributed by atoms with Crippen LogP contribution in [0.25, 0.3) is 0 Å². The topological polar surface area (TPSA) is 79.8 Å². The highest BCUT2D eigenvalue weighted by Gasteiger charge is 2.20. The van der Waals surface area contributed by atoms with Gasteiger partial charge in [-0.2, -0.15) is 5.26 Å². The molecule has 1 aliphatic carbocycles. The van der Waals surface area contributed by atoms with Gasteiger partial charge in [-0.3, -0.25) is 10.1 Å². The number of fused-ring (bicyclic) bond motifs is 1. The Bertz CT molecular complexity index is 768. The van der Waals surface area contributed by atoms with Crippen molar-refractivity contribution in [3.63, 3.8) is 0 Å². The van der Waals surface area contributed by atoms with E-state index in [0.29, 0.717) is 15.5 Å². The van der Waals surface area contributed by atoms with Crippen LogP contribution >= 0.6 is 11.8 Å². The first-order valence-corrected chi connectivity index (χ1v) is 7.35. The van der Waals surface area contributed by atoms with E-state index in [2.05, 4.69) is 11.1 Å². The van der Waals surface area contributed by atoms with E-state index < -0.39 is 4.92 Å². The van der Waals surface area contributed by atoms with Crippen LogP contribution < -0.4 is 0 Å². The molecule has 1 heterocycles. The summed E-state index contributed by atoms with van der Waals surface area (Å²) in [6, 6.07) is 10.5. The van der Waals surface area contributed by atoms with E-state index in [1.54, 1.807) is 18.2 Å². The monoisotopic (exact) mass is 297 g/mol. The number of pyridine rings is 1. The maximum absolute atomic E-state index is 11.1. The van der Waals surface area contributed by atoms with Gasteiger partial charge in [-0.05, 0) is 37.0 Å². The third kappa shape index (κ3) is 2.60. The molecule has 0 fully saturated rings. The fourth-order valence-corrected chi connectivity index (χ4v) is 3.38. The van der Waals surface area contributed by atoms with E-state index in [-0.39, 0.29) is 5.69 Å². The summed E-state index contributed by atoms with van der Waals surface area (Å²) in [7, 11) is 0. The normalized spacial score (nSPS) is 12.7. The number of nitrogens with zero attached hydrogens (tertiary/aromatic N) is 3. The van der Waals surface area contributed by atoms with Crippen LogP contribution in [0.15, 0.2) is 40.3 Å². The highest BCUT2D eigenvalue weighted by Crippen LogP contribution is 2.36. The minimum absolute atomic E-state index is 0.0358. The Hall–Kier alpha value is -2.39. The zero-order valence-electron chi connectivity index (χ0n) is 11.1.